The smallest absolute Gasteiger partial charge is 0.280 e. The van der Waals surface area contributed by atoms with E-state index in [-0.39, 0.29) is 11.4 Å². The number of hydrogen-bond acceptors (Lipinski definition) is 4. The number of amides is 1. The molecular weight excluding hydrogens is 469 g/mol. The first kappa shape index (κ1) is 19.7. The fraction of sp³-hybridized carbons (Fsp3) is 0.267. The number of rotatable bonds is 3. The van der Waals surface area contributed by atoms with Crippen molar-refractivity contribution in [2.24, 2.45) is 0 Å². The molecule has 1 amide bonds. The average molecular weight is 483 g/mol. The summed E-state index contributed by atoms with van der Waals surface area (Å²) in [5.41, 5.74) is 0.293. The lowest BCUT2D eigenvalue weighted by Crippen LogP contribution is -2.55. The Labute approximate surface area is 167 Å². The second-order valence-corrected chi connectivity index (χ2v) is 9.76. The standard InChI is InChI=1S/C15H14BrClFN3O3S2/c1-21-13(15(22)19-9-2-3-11(18)10(17)5-9)6-12(20-26(21,23)24)14-4-8(16)7-25-14/h2-5,7,12-13,20H,6H2,1H3,(H,19,22)/t12-,13+/m0/s1. The molecule has 1 aromatic heterocycles. The van der Waals surface area contributed by atoms with Crippen molar-refractivity contribution in [1.82, 2.24) is 9.03 Å². The molecule has 1 fully saturated rings. The Morgan fingerprint density at radius 1 is 1.46 bits per heavy atom. The predicted octanol–water partition coefficient (Wildman–Crippen LogP) is 3.52. The fourth-order valence-corrected chi connectivity index (χ4v) is 5.64. The maximum atomic E-state index is 13.3. The highest BCUT2D eigenvalue weighted by Gasteiger charge is 2.41. The van der Waals surface area contributed by atoms with E-state index in [1.54, 1.807) is 0 Å². The molecule has 0 unspecified atom stereocenters. The number of hydrogen-bond donors (Lipinski definition) is 2. The molecule has 1 aromatic carbocycles. The van der Waals surface area contributed by atoms with Gasteiger partial charge in [-0.25, -0.2) is 4.39 Å². The number of carbonyl (C=O) groups is 1. The molecule has 26 heavy (non-hydrogen) atoms. The molecule has 1 aliphatic rings. The van der Waals surface area contributed by atoms with Gasteiger partial charge in [0, 0.05) is 27.5 Å². The summed E-state index contributed by atoms with van der Waals surface area (Å²) in [6.45, 7) is 0. The summed E-state index contributed by atoms with van der Waals surface area (Å²) in [4.78, 5) is 13.5. The fourth-order valence-electron chi connectivity index (χ4n) is 2.61. The Bertz CT molecular complexity index is 953. The summed E-state index contributed by atoms with van der Waals surface area (Å²) >= 11 is 10.5. The Hall–Kier alpha value is -1.04. The molecule has 0 spiro atoms. The van der Waals surface area contributed by atoms with Gasteiger partial charge in [-0.15, -0.1) is 11.3 Å². The average Bonchev–Trinajstić information content (AvgIpc) is 2.99. The molecule has 2 aromatic rings. The maximum absolute atomic E-state index is 13.3. The van der Waals surface area contributed by atoms with Gasteiger partial charge < -0.3 is 5.32 Å². The van der Waals surface area contributed by atoms with Crippen molar-refractivity contribution < 1.29 is 17.6 Å². The van der Waals surface area contributed by atoms with E-state index >= 15 is 0 Å². The molecule has 1 aliphatic heterocycles. The second-order valence-electron chi connectivity index (χ2n) is 5.73. The first-order valence-corrected chi connectivity index (χ1v) is 10.9. The van der Waals surface area contributed by atoms with Gasteiger partial charge in [-0.05, 0) is 46.6 Å². The maximum Gasteiger partial charge on any atom is 0.280 e. The number of nitrogens with zero attached hydrogens (tertiary/aromatic N) is 1. The van der Waals surface area contributed by atoms with Gasteiger partial charge in [0.05, 0.1) is 11.1 Å². The number of halogens is 3. The SMILES string of the molecule is CN1[C@@H](C(=O)Nc2ccc(F)c(Cl)c2)C[C@@H](c2cc(Br)cs2)NS1(=O)=O. The summed E-state index contributed by atoms with van der Waals surface area (Å²) in [6, 6.07) is 4.15. The molecule has 2 heterocycles. The Kier molecular flexibility index (Phi) is 5.71. The molecule has 0 radical (unpaired) electrons. The van der Waals surface area contributed by atoms with Gasteiger partial charge in [0.25, 0.3) is 10.2 Å². The normalized spacial score (nSPS) is 22.9. The zero-order chi connectivity index (χ0) is 19.1. The highest BCUT2D eigenvalue weighted by Crippen LogP contribution is 2.33. The van der Waals surface area contributed by atoms with Crippen molar-refractivity contribution in [1.29, 1.82) is 0 Å². The van der Waals surface area contributed by atoms with E-state index in [0.29, 0.717) is 5.69 Å². The Balaban J connectivity index is 1.83. The zero-order valence-electron chi connectivity index (χ0n) is 13.4. The highest BCUT2D eigenvalue weighted by molar-refractivity contribution is 9.10. The van der Waals surface area contributed by atoms with Gasteiger partial charge in [-0.2, -0.15) is 17.4 Å². The van der Waals surface area contributed by atoms with E-state index in [2.05, 4.69) is 26.0 Å². The van der Waals surface area contributed by atoms with Crippen LogP contribution in [0.15, 0.2) is 34.1 Å². The quantitative estimate of drug-likeness (QED) is 0.703. The van der Waals surface area contributed by atoms with E-state index in [1.807, 2.05) is 11.4 Å². The van der Waals surface area contributed by atoms with Gasteiger partial charge in [0.15, 0.2) is 0 Å². The van der Waals surface area contributed by atoms with Crippen molar-refractivity contribution in [3.8, 4) is 0 Å². The number of nitrogens with one attached hydrogen (secondary N) is 2. The van der Waals surface area contributed by atoms with Gasteiger partial charge >= 0.3 is 0 Å². The van der Waals surface area contributed by atoms with Crippen molar-refractivity contribution in [3.63, 3.8) is 0 Å². The monoisotopic (exact) mass is 481 g/mol. The second kappa shape index (κ2) is 7.53. The first-order valence-electron chi connectivity index (χ1n) is 7.42. The summed E-state index contributed by atoms with van der Waals surface area (Å²) < 4.78 is 42.5. The van der Waals surface area contributed by atoms with E-state index < -0.39 is 34.0 Å². The van der Waals surface area contributed by atoms with Crippen LogP contribution in [0, 0.1) is 5.82 Å². The summed E-state index contributed by atoms with van der Waals surface area (Å²) in [7, 11) is -2.48. The van der Waals surface area contributed by atoms with Crippen LogP contribution in [0.2, 0.25) is 5.02 Å². The lowest BCUT2D eigenvalue weighted by atomic mass is 10.1. The minimum Gasteiger partial charge on any atom is -0.325 e. The summed E-state index contributed by atoms with van der Waals surface area (Å²) in [6.07, 6.45) is 0.253. The van der Waals surface area contributed by atoms with E-state index in [1.165, 1.54) is 30.5 Å². The molecule has 0 aliphatic carbocycles. The Morgan fingerprint density at radius 3 is 2.81 bits per heavy atom. The van der Waals surface area contributed by atoms with Crippen molar-refractivity contribution in [2.75, 3.05) is 12.4 Å². The lowest BCUT2D eigenvalue weighted by Gasteiger charge is -2.35. The molecule has 140 valence electrons. The number of thiophene rings is 1. The Morgan fingerprint density at radius 2 is 2.19 bits per heavy atom. The molecule has 1 saturated heterocycles. The zero-order valence-corrected chi connectivity index (χ0v) is 17.3. The largest absolute Gasteiger partial charge is 0.325 e. The first-order chi connectivity index (χ1) is 12.2. The van der Waals surface area contributed by atoms with Gasteiger partial charge in [0.1, 0.15) is 11.9 Å². The van der Waals surface area contributed by atoms with Gasteiger partial charge in [-0.3, -0.25) is 4.79 Å². The van der Waals surface area contributed by atoms with Crippen LogP contribution in [0.3, 0.4) is 0 Å². The third kappa shape index (κ3) is 4.10. The predicted molar refractivity (Wildman–Crippen MR) is 103 cm³/mol. The summed E-state index contributed by atoms with van der Waals surface area (Å²) in [5, 5.41) is 4.31. The molecule has 0 bridgehead atoms. The van der Waals surface area contributed by atoms with E-state index in [9.17, 15) is 17.6 Å². The van der Waals surface area contributed by atoms with Crippen molar-refractivity contribution in [2.45, 2.75) is 18.5 Å². The minimum atomic E-state index is -3.82. The van der Waals surface area contributed by atoms with E-state index in [0.717, 1.165) is 19.7 Å². The van der Waals surface area contributed by atoms with Crippen molar-refractivity contribution in [3.05, 3.63) is 49.8 Å². The number of benzene rings is 1. The lowest BCUT2D eigenvalue weighted by molar-refractivity contribution is -0.120. The molecule has 2 atom stereocenters. The molecule has 3 rings (SSSR count). The van der Waals surface area contributed by atoms with Crippen LogP contribution in [-0.4, -0.2) is 31.7 Å². The van der Waals surface area contributed by atoms with Crippen LogP contribution in [0.25, 0.3) is 0 Å². The molecule has 6 nitrogen and oxygen atoms in total. The summed E-state index contributed by atoms with van der Waals surface area (Å²) in [5.74, 6) is -1.12. The number of carbonyl (C=O) groups excluding carboxylic acids is 1. The topological polar surface area (TPSA) is 78.5 Å². The molecule has 0 saturated carbocycles. The highest BCUT2D eigenvalue weighted by atomic mass is 79.9. The van der Waals surface area contributed by atoms with Gasteiger partial charge in [0.2, 0.25) is 5.91 Å². The van der Waals surface area contributed by atoms with Crippen LogP contribution in [0.4, 0.5) is 10.1 Å². The van der Waals surface area contributed by atoms with Crippen LogP contribution in [0.1, 0.15) is 17.3 Å². The third-order valence-electron chi connectivity index (χ3n) is 3.99. The number of likely N-dealkylation sites (N-methyl/N-ethyl adjacent to an activating group) is 1. The van der Waals surface area contributed by atoms with Crippen molar-refractivity contribution >= 4 is 60.7 Å². The van der Waals surface area contributed by atoms with Crippen LogP contribution < -0.4 is 10.0 Å². The van der Waals surface area contributed by atoms with Crippen LogP contribution in [-0.2, 0) is 15.0 Å². The molecular formula is C15H14BrClFN3O3S2. The van der Waals surface area contributed by atoms with E-state index in [4.69, 9.17) is 11.6 Å². The molecule has 2 N–H and O–H groups in total. The van der Waals surface area contributed by atoms with Crippen LogP contribution in [0.5, 0.6) is 0 Å². The molecule has 11 heteroatoms. The minimum absolute atomic E-state index is 0.129. The number of anilines is 1. The third-order valence-corrected chi connectivity index (χ3v) is 7.68. The van der Waals surface area contributed by atoms with Gasteiger partial charge in [-0.1, -0.05) is 11.6 Å². The van der Waals surface area contributed by atoms with Crippen LogP contribution >= 0.6 is 38.9 Å².